The molecule has 154 valence electrons. The van der Waals surface area contributed by atoms with E-state index in [1.54, 1.807) is 37.6 Å². The number of anilines is 1. The molecular weight excluding hydrogens is 386 g/mol. The van der Waals surface area contributed by atoms with Gasteiger partial charge in [0.2, 0.25) is 0 Å². The molecule has 0 saturated carbocycles. The van der Waals surface area contributed by atoms with Crippen molar-refractivity contribution in [2.75, 3.05) is 18.6 Å². The Kier molecular flexibility index (Phi) is 6.18. The zero-order valence-corrected chi connectivity index (χ0v) is 18.4. The van der Waals surface area contributed by atoms with Crippen LogP contribution in [0, 0.1) is 0 Å². The van der Waals surface area contributed by atoms with E-state index < -0.39 is 0 Å². The smallest absolute Gasteiger partial charge is 0.271 e. The van der Waals surface area contributed by atoms with Gasteiger partial charge in [-0.15, -0.1) is 0 Å². The van der Waals surface area contributed by atoms with Crippen molar-refractivity contribution in [3.8, 4) is 5.75 Å². The second-order valence-electron chi connectivity index (χ2n) is 8.02. The number of halogens is 1. The largest absolute Gasteiger partial charge is 0.497 e. The van der Waals surface area contributed by atoms with Gasteiger partial charge in [-0.3, -0.25) is 4.79 Å². The van der Waals surface area contributed by atoms with Crippen molar-refractivity contribution in [1.82, 2.24) is 5.43 Å². The minimum atomic E-state index is -0.287. The van der Waals surface area contributed by atoms with Gasteiger partial charge in [-0.1, -0.05) is 18.5 Å². The summed E-state index contributed by atoms with van der Waals surface area (Å²) in [5, 5.41) is 4.73. The fourth-order valence-electron chi connectivity index (χ4n) is 4.19. The number of benzene rings is 2. The lowest BCUT2D eigenvalue weighted by atomic mass is 9.79. The molecule has 1 heterocycles. The summed E-state index contributed by atoms with van der Waals surface area (Å²) < 4.78 is 5.10. The Morgan fingerprint density at radius 3 is 2.66 bits per heavy atom. The van der Waals surface area contributed by atoms with Crippen LogP contribution in [-0.4, -0.2) is 31.3 Å². The number of fused-ring (bicyclic) bond motifs is 1. The standard InChI is InChI=1S/C23H28ClN3O2/c1-6-27-21-12-20(24)17(11-19(21)15(2)13-23(27,3)4)14-25-26-22(28)16-7-9-18(29-5)10-8-16/h7-12,14-15H,6,13H2,1-5H3,(H,26,28)/b25-14-. The zero-order valence-electron chi connectivity index (χ0n) is 17.6. The summed E-state index contributed by atoms with van der Waals surface area (Å²) in [5.74, 6) is 0.829. The fraction of sp³-hybridized carbons (Fsp3) is 0.391. The molecule has 1 unspecified atom stereocenters. The van der Waals surface area contributed by atoms with Crippen molar-refractivity contribution >= 4 is 29.4 Å². The number of hydrogen-bond donors (Lipinski definition) is 1. The SMILES string of the molecule is CCN1c2cc(Cl)c(/C=N\NC(=O)c3ccc(OC)cc3)cc2C(C)CC1(C)C. The van der Waals surface area contributed by atoms with Gasteiger partial charge in [0, 0.05) is 28.9 Å². The molecule has 0 radical (unpaired) electrons. The van der Waals surface area contributed by atoms with Crippen LogP contribution in [0.5, 0.6) is 5.75 Å². The first-order valence-electron chi connectivity index (χ1n) is 9.85. The number of ether oxygens (including phenoxy) is 1. The van der Waals surface area contributed by atoms with Crippen LogP contribution < -0.4 is 15.1 Å². The maximum absolute atomic E-state index is 12.3. The van der Waals surface area contributed by atoms with Crippen LogP contribution in [0.4, 0.5) is 5.69 Å². The van der Waals surface area contributed by atoms with Crippen molar-refractivity contribution in [1.29, 1.82) is 0 Å². The summed E-state index contributed by atoms with van der Waals surface area (Å²) in [7, 11) is 1.59. The Labute approximate surface area is 177 Å². The summed E-state index contributed by atoms with van der Waals surface area (Å²) in [5.41, 5.74) is 6.39. The average Bonchev–Trinajstić information content (AvgIpc) is 2.68. The molecule has 2 aromatic rings. The van der Waals surface area contributed by atoms with Gasteiger partial charge in [-0.05, 0) is 75.1 Å². The molecule has 2 aromatic carbocycles. The maximum Gasteiger partial charge on any atom is 0.271 e. The number of amides is 1. The highest BCUT2D eigenvalue weighted by atomic mass is 35.5. The van der Waals surface area contributed by atoms with E-state index in [4.69, 9.17) is 16.3 Å². The third-order valence-corrected chi connectivity index (χ3v) is 5.87. The highest BCUT2D eigenvalue weighted by Gasteiger charge is 2.35. The third kappa shape index (κ3) is 4.40. The molecule has 3 rings (SSSR count). The first-order valence-corrected chi connectivity index (χ1v) is 10.2. The van der Waals surface area contributed by atoms with Crippen LogP contribution >= 0.6 is 11.6 Å². The number of hydrazone groups is 1. The lowest BCUT2D eigenvalue weighted by Gasteiger charge is -2.47. The van der Waals surface area contributed by atoms with Crippen molar-refractivity contribution in [3.05, 3.63) is 58.1 Å². The minimum absolute atomic E-state index is 0.0897. The van der Waals surface area contributed by atoms with E-state index in [1.165, 1.54) is 11.3 Å². The van der Waals surface area contributed by atoms with E-state index in [9.17, 15) is 4.79 Å². The van der Waals surface area contributed by atoms with Gasteiger partial charge in [0.25, 0.3) is 5.91 Å². The van der Waals surface area contributed by atoms with E-state index >= 15 is 0 Å². The lowest BCUT2D eigenvalue weighted by molar-refractivity contribution is 0.0955. The molecule has 1 amide bonds. The summed E-state index contributed by atoms with van der Waals surface area (Å²) >= 11 is 6.55. The van der Waals surface area contributed by atoms with Gasteiger partial charge in [0.15, 0.2) is 0 Å². The number of nitrogens with one attached hydrogen (secondary N) is 1. The van der Waals surface area contributed by atoms with E-state index in [2.05, 4.69) is 49.2 Å². The quantitative estimate of drug-likeness (QED) is 0.539. The van der Waals surface area contributed by atoms with Gasteiger partial charge < -0.3 is 9.64 Å². The molecule has 1 aliphatic rings. The van der Waals surface area contributed by atoms with Crippen molar-refractivity contribution in [3.63, 3.8) is 0 Å². The van der Waals surface area contributed by atoms with E-state index in [1.807, 2.05) is 6.07 Å². The molecular formula is C23H28ClN3O2. The summed E-state index contributed by atoms with van der Waals surface area (Å²) in [4.78, 5) is 14.7. The molecule has 1 N–H and O–H groups in total. The molecule has 29 heavy (non-hydrogen) atoms. The van der Waals surface area contributed by atoms with E-state index in [0.717, 1.165) is 18.5 Å². The normalized spacial score (nSPS) is 17.9. The lowest BCUT2D eigenvalue weighted by Crippen LogP contribution is -2.48. The molecule has 1 atom stereocenters. The summed E-state index contributed by atoms with van der Waals surface area (Å²) in [6.07, 6.45) is 2.67. The third-order valence-electron chi connectivity index (χ3n) is 5.54. The number of nitrogens with zero attached hydrogens (tertiary/aromatic N) is 2. The Morgan fingerprint density at radius 2 is 2.03 bits per heavy atom. The van der Waals surface area contributed by atoms with Crippen LogP contribution in [0.3, 0.4) is 0 Å². The van der Waals surface area contributed by atoms with Crippen LogP contribution in [0.2, 0.25) is 5.02 Å². The molecule has 0 saturated heterocycles. The summed E-state index contributed by atoms with van der Waals surface area (Å²) in [6.45, 7) is 9.88. The molecule has 0 spiro atoms. The van der Waals surface area contributed by atoms with Crippen LogP contribution in [0.15, 0.2) is 41.5 Å². The van der Waals surface area contributed by atoms with Crippen LogP contribution in [-0.2, 0) is 0 Å². The Balaban J connectivity index is 1.79. The monoisotopic (exact) mass is 413 g/mol. The van der Waals surface area contributed by atoms with Crippen molar-refractivity contribution in [2.45, 2.75) is 45.6 Å². The van der Waals surface area contributed by atoms with Crippen LogP contribution in [0.25, 0.3) is 0 Å². The molecule has 0 fully saturated rings. The molecule has 0 aliphatic carbocycles. The van der Waals surface area contributed by atoms with Crippen LogP contribution in [0.1, 0.15) is 61.5 Å². The van der Waals surface area contributed by atoms with Gasteiger partial charge in [-0.25, -0.2) is 5.43 Å². The first-order chi connectivity index (χ1) is 13.8. The van der Waals surface area contributed by atoms with Crippen molar-refractivity contribution < 1.29 is 9.53 Å². The van der Waals surface area contributed by atoms with Gasteiger partial charge >= 0.3 is 0 Å². The molecule has 5 nitrogen and oxygen atoms in total. The minimum Gasteiger partial charge on any atom is -0.497 e. The van der Waals surface area contributed by atoms with Crippen molar-refractivity contribution in [2.24, 2.45) is 5.10 Å². The summed E-state index contributed by atoms with van der Waals surface area (Å²) in [6, 6.07) is 11.0. The number of carbonyl (C=O) groups is 1. The average molecular weight is 414 g/mol. The highest BCUT2D eigenvalue weighted by Crippen LogP contribution is 2.44. The van der Waals surface area contributed by atoms with Gasteiger partial charge in [0.05, 0.1) is 18.3 Å². The van der Waals surface area contributed by atoms with E-state index in [0.29, 0.717) is 22.3 Å². The number of rotatable bonds is 5. The Hall–Kier alpha value is -2.53. The Bertz CT molecular complexity index is 922. The highest BCUT2D eigenvalue weighted by molar-refractivity contribution is 6.33. The number of hydrogen-bond acceptors (Lipinski definition) is 4. The zero-order chi connectivity index (χ0) is 21.2. The van der Waals surface area contributed by atoms with E-state index in [-0.39, 0.29) is 11.4 Å². The molecule has 6 heteroatoms. The number of methoxy groups -OCH3 is 1. The number of carbonyl (C=O) groups excluding carboxylic acids is 1. The molecule has 1 aliphatic heterocycles. The second kappa shape index (κ2) is 8.46. The predicted molar refractivity (Wildman–Crippen MR) is 120 cm³/mol. The first kappa shape index (κ1) is 21.2. The predicted octanol–water partition coefficient (Wildman–Crippen LogP) is 5.22. The van der Waals surface area contributed by atoms with Gasteiger partial charge in [-0.2, -0.15) is 5.10 Å². The fourth-order valence-corrected chi connectivity index (χ4v) is 4.39. The van der Waals surface area contributed by atoms with Gasteiger partial charge in [0.1, 0.15) is 5.75 Å². The maximum atomic E-state index is 12.3. The second-order valence-corrected chi connectivity index (χ2v) is 8.43. The molecule has 0 aromatic heterocycles. The Morgan fingerprint density at radius 1 is 1.34 bits per heavy atom. The molecule has 0 bridgehead atoms. The topological polar surface area (TPSA) is 53.9 Å².